The fraction of sp³-hybridized carbons (Fsp3) is 0.533. The Morgan fingerprint density at radius 2 is 2.26 bits per heavy atom. The molecular weight excluding hydrogens is 238 g/mol. The van der Waals surface area contributed by atoms with Crippen LogP contribution >= 0.6 is 0 Å². The zero-order chi connectivity index (χ0) is 13.5. The lowest BCUT2D eigenvalue weighted by atomic mass is 9.93. The number of ether oxygens (including phenoxy) is 1. The van der Waals surface area contributed by atoms with Crippen LogP contribution < -0.4 is 15.4 Å². The lowest BCUT2D eigenvalue weighted by molar-refractivity contribution is 0.413. The molecule has 1 aliphatic carbocycles. The second-order valence-electron chi connectivity index (χ2n) is 5.86. The third-order valence-corrected chi connectivity index (χ3v) is 4.09. The van der Waals surface area contributed by atoms with Crippen molar-refractivity contribution in [3.63, 3.8) is 0 Å². The average Bonchev–Trinajstić information content (AvgIpc) is 3.15. The van der Waals surface area contributed by atoms with Gasteiger partial charge in [-0.15, -0.1) is 0 Å². The molecule has 2 aliphatic rings. The van der Waals surface area contributed by atoms with E-state index < -0.39 is 0 Å². The molecule has 0 bridgehead atoms. The van der Waals surface area contributed by atoms with Crippen molar-refractivity contribution in [1.29, 1.82) is 0 Å². The molecule has 0 radical (unpaired) electrons. The molecule has 4 heteroatoms. The van der Waals surface area contributed by atoms with Gasteiger partial charge in [0.25, 0.3) is 0 Å². The molecule has 0 saturated heterocycles. The second-order valence-corrected chi connectivity index (χ2v) is 5.86. The minimum atomic E-state index is 0.0115. The fourth-order valence-electron chi connectivity index (χ4n) is 2.96. The van der Waals surface area contributed by atoms with Gasteiger partial charge in [-0.05, 0) is 31.4 Å². The molecule has 4 nitrogen and oxygen atoms in total. The van der Waals surface area contributed by atoms with Gasteiger partial charge in [-0.1, -0.05) is 18.9 Å². The average molecular weight is 259 g/mol. The van der Waals surface area contributed by atoms with Crippen LogP contribution in [0.1, 0.15) is 26.2 Å². The van der Waals surface area contributed by atoms with Crippen molar-refractivity contribution >= 4 is 11.6 Å². The van der Waals surface area contributed by atoms with Crippen LogP contribution in [0.4, 0.5) is 5.69 Å². The van der Waals surface area contributed by atoms with Gasteiger partial charge in [0.2, 0.25) is 0 Å². The summed E-state index contributed by atoms with van der Waals surface area (Å²) in [7, 11) is 1.68. The zero-order valence-corrected chi connectivity index (χ0v) is 11.6. The van der Waals surface area contributed by atoms with Gasteiger partial charge in [0.05, 0.1) is 19.2 Å². The molecule has 1 heterocycles. The maximum Gasteiger partial charge on any atom is 0.196 e. The van der Waals surface area contributed by atoms with Crippen molar-refractivity contribution in [2.24, 2.45) is 16.6 Å². The first-order valence-electron chi connectivity index (χ1n) is 6.86. The topological polar surface area (TPSA) is 50.9 Å². The summed E-state index contributed by atoms with van der Waals surface area (Å²) >= 11 is 0. The van der Waals surface area contributed by atoms with E-state index in [1.807, 2.05) is 18.2 Å². The molecule has 2 N–H and O–H groups in total. The summed E-state index contributed by atoms with van der Waals surface area (Å²) in [6.07, 6.45) is 3.86. The quantitative estimate of drug-likeness (QED) is 0.903. The Bertz CT molecular complexity index is 510. The molecule has 1 aromatic carbocycles. The van der Waals surface area contributed by atoms with Gasteiger partial charge in [-0.25, -0.2) is 0 Å². The van der Waals surface area contributed by atoms with E-state index in [0.717, 1.165) is 30.3 Å². The highest BCUT2D eigenvalue weighted by Gasteiger charge is 2.42. The van der Waals surface area contributed by atoms with Crippen LogP contribution in [0.3, 0.4) is 0 Å². The molecule has 1 aromatic rings. The molecule has 19 heavy (non-hydrogen) atoms. The fourth-order valence-corrected chi connectivity index (χ4v) is 2.96. The third kappa shape index (κ3) is 2.27. The number of nitrogens with two attached hydrogens (primary N) is 1. The number of methoxy groups -OCH3 is 1. The minimum Gasteiger partial charge on any atom is -0.497 e. The molecule has 1 saturated carbocycles. The standard InChI is InChI=1S/C15H21N3O/c1-15(9-11-6-7-11)10-17-14(16)18(15)12-4-3-5-13(8-12)19-2/h3-5,8,11H,6-7,9-10H2,1-2H3,(H2,16,17). The number of nitrogens with zero attached hydrogens (tertiary/aromatic N) is 2. The largest absolute Gasteiger partial charge is 0.497 e. The molecule has 0 spiro atoms. The van der Waals surface area contributed by atoms with Crippen LogP contribution in [0, 0.1) is 5.92 Å². The molecule has 0 aromatic heterocycles. The van der Waals surface area contributed by atoms with Crippen LogP contribution in [0.25, 0.3) is 0 Å². The summed E-state index contributed by atoms with van der Waals surface area (Å²) in [6.45, 7) is 3.04. The van der Waals surface area contributed by atoms with Gasteiger partial charge in [-0.3, -0.25) is 4.99 Å². The van der Waals surface area contributed by atoms with Gasteiger partial charge >= 0.3 is 0 Å². The highest BCUT2D eigenvalue weighted by molar-refractivity contribution is 5.98. The van der Waals surface area contributed by atoms with Gasteiger partial charge in [0.15, 0.2) is 5.96 Å². The number of guanidine groups is 1. The summed E-state index contributed by atoms with van der Waals surface area (Å²) in [4.78, 5) is 6.64. The SMILES string of the molecule is COc1cccc(N2C(N)=NCC2(C)CC2CC2)c1. The summed E-state index contributed by atoms with van der Waals surface area (Å²) < 4.78 is 5.30. The summed E-state index contributed by atoms with van der Waals surface area (Å²) in [5, 5.41) is 0. The number of benzene rings is 1. The van der Waals surface area contributed by atoms with Crippen LogP contribution in [0.2, 0.25) is 0 Å². The molecule has 1 unspecified atom stereocenters. The molecular formula is C15H21N3O. The highest BCUT2D eigenvalue weighted by Crippen LogP contribution is 2.42. The smallest absolute Gasteiger partial charge is 0.196 e. The zero-order valence-electron chi connectivity index (χ0n) is 11.6. The van der Waals surface area contributed by atoms with E-state index in [2.05, 4.69) is 22.9 Å². The Labute approximate surface area is 114 Å². The predicted molar refractivity (Wildman–Crippen MR) is 77.7 cm³/mol. The van der Waals surface area contributed by atoms with E-state index in [1.165, 1.54) is 12.8 Å². The highest BCUT2D eigenvalue weighted by atomic mass is 16.5. The minimum absolute atomic E-state index is 0.0115. The second kappa shape index (κ2) is 4.44. The van der Waals surface area contributed by atoms with Crippen molar-refractivity contribution in [2.75, 3.05) is 18.6 Å². The Hall–Kier alpha value is -1.71. The number of hydrogen-bond donors (Lipinski definition) is 1. The van der Waals surface area contributed by atoms with Gasteiger partial charge in [-0.2, -0.15) is 0 Å². The number of hydrogen-bond acceptors (Lipinski definition) is 4. The van der Waals surface area contributed by atoms with Crippen LogP contribution in [0.5, 0.6) is 5.75 Å². The molecule has 3 rings (SSSR count). The third-order valence-electron chi connectivity index (χ3n) is 4.09. The molecule has 1 aliphatic heterocycles. The lowest BCUT2D eigenvalue weighted by Gasteiger charge is -2.36. The number of anilines is 1. The van der Waals surface area contributed by atoms with Crippen LogP contribution in [0.15, 0.2) is 29.3 Å². The van der Waals surface area contributed by atoms with E-state index >= 15 is 0 Å². The summed E-state index contributed by atoms with van der Waals surface area (Å²) in [5.74, 6) is 2.32. The van der Waals surface area contributed by atoms with Crippen LogP contribution in [-0.4, -0.2) is 25.2 Å². The van der Waals surface area contributed by atoms with Crippen molar-refractivity contribution in [2.45, 2.75) is 31.7 Å². The van der Waals surface area contributed by atoms with Crippen molar-refractivity contribution in [1.82, 2.24) is 0 Å². The van der Waals surface area contributed by atoms with Crippen LogP contribution in [-0.2, 0) is 0 Å². The first kappa shape index (κ1) is 12.3. The van der Waals surface area contributed by atoms with Gasteiger partial charge in [0.1, 0.15) is 5.75 Å². The Morgan fingerprint density at radius 1 is 1.47 bits per heavy atom. The van der Waals surface area contributed by atoms with Crippen molar-refractivity contribution in [3.05, 3.63) is 24.3 Å². The molecule has 1 atom stereocenters. The van der Waals surface area contributed by atoms with Gasteiger partial charge < -0.3 is 15.4 Å². The van der Waals surface area contributed by atoms with E-state index in [9.17, 15) is 0 Å². The number of rotatable bonds is 4. The van der Waals surface area contributed by atoms with E-state index in [0.29, 0.717) is 5.96 Å². The van der Waals surface area contributed by atoms with E-state index in [-0.39, 0.29) is 5.54 Å². The summed E-state index contributed by atoms with van der Waals surface area (Å²) in [6, 6.07) is 8.04. The summed E-state index contributed by atoms with van der Waals surface area (Å²) in [5.41, 5.74) is 7.19. The lowest BCUT2D eigenvalue weighted by Crippen LogP contribution is -2.50. The normalized spacial score (nSPS) is 26.4. The maximum absolute atomic E-state index is 6.11. The Balaban J connectivity index is 1.91. The first-order valence-corrected chi connectivity index (χ1v) is 6.86. The Kier molecular flexibility index (Phi) is 2.88. The van der Waals surface area contributed by atoms with Crippen molar-refractivity contribution < 1.29 is 4.74 Å². The van der Waals surface area contributed by atoms with Crippen molar-refractivity contribution in [3.8, 4) is 5.75 Å². The number of aliphatic imine (C=N–C) groups is 1. The molecule has 0 amide bonds. The van der Waals surface area contributed by atoms with Gasteiger partial charge in [0, 0.05) is 11.8 Å². The maximum atomic E-state index is 6.11. The predicted octanol–water partition coefficient (Wildman–Crippen LogP) is 2.39. The molecule has 1 fully saturated rings. The Morgan fingerprint density at radius 3 is 2.95 bits per heavy atom. The van der Waals surface area contributed by atoms with E-state index in [4.69, 9.17) is 10.5 Å². The first-order chi connectivity index (χ1) is 9.12. The molecule has 102 valence electrons. The van der Waals surface area contributed by atoms with E-state index in [1.54, 1.807) is 7.11 Å². The monoisotopic (exact) mass is 259 g/mol.